The number of carbonyl (C=O) groups is 1. The van der Waals surface area contributed by atoms with E-state index < -0.39 is 0 Å². The van der Waals surface area contributed by atoms with Crippen LogP contribution >= 0.6 is 0 Å². The normalized spacial score (nSPS) is 15.4. The van der Waals surface area contributed by atoms with Gasteiger partial charge in [0.2, 0.25) is 0 Å². The van der Waals surface area contributed by atoms with Crippen LogP contribution < -0.4 is 4.74 Å². The topological polar surface area (TPSA) is 26.3 Å². The Morgan fingerprint density at radius 2 is 2.11 bits per heavy atom. The molecule has 104 valence electrons. The van der Waals surface area contributed by atoms with Crippen LogP contribution in [0.3, 0.4) is 0 Å². The third-order valence-corrected chi connectivity index (χ3v) is 4.03. The van der Waals surface area contributed by atoms with Gasteiger partial charge >= 0.3 is 0 Å². The van der Waals surface area contributed by atoms with Crippen molar-refractivity contribution < 1.29 is 9.53 Å². The van der Waals surface area contributed by atoms with E-state index in [1.54, 1.807) is 0 Å². The first-order valence-corrected chi connectivity index (χ1v) is 7.53. The number of ether oxygens (including phenoxy) is 1. The fourth-order valence-electron chi connectivity index (χ4n) is 2.63. The third kappa shape index (κ3) is 3.59. The lowest BCUT2D eigenvalue weighted by molar-refractivity contribution is 0.0994. The Bertz CT molecular complexity index is 437. The second-order valence-corrected chi connectivity index (χ2v) is 5.47. The molecular weight excluding hydrogens is 236 g/mol. The predicted octanol–water partition coefficient (Wildman–Crippen LogP) is 4.41. The highest BCUT2D eigenvalue weighted by molar-refractivity contribution is 6.00. The molecule has 0 fully saturated rings. The summed E-state index contributed by atoms with van der Waals surface area (Å²) < 4.78 is 5.91. The van der Waals surface area contributed by atoms with Gasteiger partial charge in [0.15, 0.2) is 5.78 Å². The van der Waals surface area contributed by atoms with Gasteiger partial charge in [-0.2, -0.15) is 0 Å². The van der Waals surface area contributed by atoms with Crippen LogP contribution in [-0.2, 0) is 6.42 Å². The SMILES string of the molecule is CCCCC(CC)COc1ccc2c(c1)CCC2=O. The maximum absolute atomic E-state index is 11.6. The van der Waals surface area contributed by atoms with Crippen LogP contribution in [0.2, 0.25) is 0 Å². The second kappa shape index (κ2) is 6.74. The van der Waals surface area contributed by atoms with E-state index in [-0.39, 0.29) is 5.78 Å². The molecule has 1 atom stereocenters. The molecule has 0 amide bonds. The molecule has 0 aliphatic heterocycles. The van der Waals surface area contributed by atoms with E-state index in [4.69, 9.17) is 4.74 Å². The van der Waals surface area contributed by atoms with Crippen LogP contribution in [-0.4, -0.2) is 12.4 Å². The minimum Gasteiger partial charge on any atom is -0.493 e. The van der Waals surface area contributed by atoms with Crippen LogP contribution in [0.1, 0.15) is 61.9 Å². The molecule has 0 saturated heterocycles. The van der Waals surface area contributed by atoms with Crippen molar-refractivity contribution in [2.24, 2.45) is 5.92 Å². The first kappa shape index (κ1) is 14.1. The number of benzene rings is 1. The molecule has 1 aliphatic rings. The van der Waals surface area contributed by atoms with Gasteiger partial charge in [-0.15, -0.1) is 0 Å². The summed E-state index contributed by atoms with van der Waals surface area (Å²) >= 11 is 0. The molecule has 0 heterocycles. The number of hydrogen-bond acceptors (Lipinski definition) is 2. The number of unbranched alkanes of at least 4 members (excludes halogenated alkanes) is 1. The zero-order valence-electron chi connectivity index (χ0n) is 12.1. The van der Waals surface area contributed by atoms with Gasteiger partial charge in [-0.05, 0) is 42.5 Å². The second-order valence-electron chi connectivity index (χ2n) is 5.47. The van der Waals surface area contributed by atoms with Crippen molar-refractivity contribution in [3.63, 3.8) is 0 Å². The number of carbonyl (C=O) groups excluding carboxylic acids is 1. The van der Waals surface area contributed by atoms with Gasteiger partial charge in [0.25, 0.3) is 0 Å². The minimum atomic E-state index is 0.274. The first-order chi connectivity index (χ1) is 9.24. The number of ketones is 1. The number of Topliss-reactive ketones (excluding diaryl/α,β-unsaturated/α-hetero) is 1. The van der Waals surface area contributed by atoms with Gasteiger partial charge < -0.3 is 4.74 Å². The van der Waals surface area contributed by atoms with Crippen molar-refractivity contribution in [1.82, 2.24) is 0 Å². The average molecular weight is 260 g/mol. The fraction of sp³-hybridized carbons (Fsp3) is 0.588. The summed E-state index contributed by atoms with van der Waals surface area (Å²) in [5, 5.41) is 0. The molecule has 0 saturated carbocycles. The number of rotatable bonds is 7. The highest BCUT2D eigenvalue weighted by Gasteiger charge is 2.19. The Labute approximate surface area is 116 Å². The quantitative estimate of drug-likeness (QED) is 0.726. The monoisotopic (exact) mass is 260 g/mol. The largest absolute Gasteiger partial charge is 0.493 e. The zero-order chi connectivity index (χ0) is 13.7. The van der Waals surface area contributed by atoms with E-state index in [9.17, 15) is 4.79 Å². The molecule has 2 heteroatoms. The summed E-state index contributed by atoms with van der Waals surface area (Å²) in [7, 11) is 0. The van der Waals surface area contributed by atoms with E-state index in [1.807, 2.05) is 18.2 Å². The van der Waals surface area contributed by atoms with Crippen molar-refractivity contribution in [2.75, 3.05) is 6.61 Å². The standard InChI is InChI=1S/C17H24O2/c1-3-5-6-13(4-2)12-19-15-8-9-16-14(11-15)7-10-17(16)18/h8-9,11,13H,3-7,10,12H2,1-2H3. The summed E-state index contributed by atoms with van der Waals surface area (Å²) in [6, 6.07) is 5.91. The Kier molecular flexibility index (Phi) is 5.00. The van der Waals surface area contributed by atoms with Gasteiger partial charge in [0.1, 0.15) is 5.75 Å². The third-order valence-electron chi connectivity index (χ3n) is 4.03. The van der Waals surface area contributed by atoms with E-state index in [2.05, 4.69) is 13.8 Å². The molecule has 19 heavy (non-hydrogen) atoms. The summed E-state index contributed by atoms with van der Waals surface area (Å²) in [5.74, 6) is 1.84. The van der Waals surface area contributed by atoms with Crippen LogP contribution in [0.4, 0.5) is 0 Å². The predicted molar refractivity (Wildman–Crippen MR) is 77.9 cm³/mol. The summed E-state index contributed by atoms with van der Waals surface area (Å²) in [4.78, 5) is 11.6. The number of fused-ring (bicyclic) bond motifs is 1. The maximum atomic E-state index is 11.6. The molecule has 0 N–H and O–H groups in total. The molecule has 2 rings (SSSR count). The lowest BCUT2D eigenvalue weighted by Crippen LogP contribution is -2.11. The highest BCUT2D eigenvalue weighted by atomic mass is 16.5. The van der Waals surface area contributed by atoms with E-state index in [0.29, 0.717) is 12.3 Å². The molecule has 2 nitrogen and oxygen atoms in total. The van der Waals surface area contributed by atoms with Gasteiger partial charge in [0, 0.05) is 12.0 Å². The lowest BCUT2D eigenvalue weighted by Gasteiger charge is -2.16. The van der Waals surface area contributed by atoms with Gasteiger partial charge in [-0.25, -0.2) is 0 Å². The molecule has 1 aromatic carbocycles. The smallest absolute Gasteiger partial charge is 0.163 e. The van der Waals surface area contributed by atoms with Crippen molar-refractivity contribution in [3.05, 3.63) is 29.3 Å². The van der Waals surface area contributed by atoms with Crippen molar-refractivity contribution >= 4 is 5.78 Å². The Morgan fingerprint density at radius 3 is 2.84 bits per heavy atom. The molecule has 0 spiro atoms. The lowest BCUT2D eigenvalue weighted by atomic mass is 10.0. The molecule has 0 aromatic heterocycles. The van der Waals surface area contributed by atoms with Crippen LogP contribution in [0, 0.1) is 5.92 Å². The number of hydrogen-bond donors (Lipinski definition) is 0. The fourth-order valence-corrected chi connectivity index (χ4v) is 2.63. The Morgan fingerprint density at radius 1 is 1.26 bits per heavy atom. The highest BCUT2D eigenvalue weighted by Crippen LogP contribution is 2.26. The van der Waals surface area contributed by atoms with Crippen molar-refractivity contribution in [2.45, 2.75) is 52.4 Å². The maximum Gasteiger partial charge on any atom is 0.163 e. The molecule has 1 aromatic rings. The summed E-state index contributed by atoms with van der Waals surface area (Å²) in [6.07, 6.45) is 6.48. The Hall–Kier alpha value is -1.31. The molecule has 0 bridgehead atoms. The Balaban J connectivity index is 1.91. The van der Waals surface area contributed by atoms with E-state index in [1.165, 1.54) is 25.7 Å². The molecular formula is C17H24O2. The van der Waals surface area contributed by atoms with Crippen LogP contribution in [0.5, 0.6) is 5.75 Å². The summed E-state index contributed by atoms with van der Waals surface area (Å²) in [6.45, 7) is 5.25. The first-order valence-electron chi connectivity index (χ1n) is 7.53. The van der Waals surface area contributed by atoms with Gasteiger partial charge in [-0.3, -0.25) is 4.79 Å². The van der Waals surface area contributed by atoms with Crippen molar-refractivity contribution in [3.8, 4) is 5.75 Å². The van der Waals surface area contributed by atoms with Crippen molar-refractivity contribution in [1.29, 1.82) is 0 Å². The van der Waals surface area contributed by atoms with E-state index >= 15 is 0 Å². The molecule has 1 aliphatic carbocycles. The van der Waals surface area contributed by atoms with Crippen LogP contribution in [0.15, 0.2) is 18.2 Å². The number of aryl methyl sites for hydroxylation is 1. The molecule has 1 unspecified atom stereocenters. The van der Waals surface area contributed by atoms with E-state index in [0.717, 1.165) is 29.9 Å². The average Bonchev–Trinajstić information content (AvgIpc) is 2.80. The minimum absolute atomic E-state index is 0.274. The zero-order valence-corrected chi connectivity index (χ0v) is 12.1. The van der Waals surface area contributed by atoms with Gasteiger partial charge in [0.05, 0.1) is 6.61 Å². The van der Waals surface area contributed by atoms with Gasteiger partial charge in [-0.1, -0.05) is 33.1 Å². The molecule has 0 radical (unpaired) electrons. The van der Waals surface area contributed by atoms with Crippen LogP contribution in [0.25, 0.3) is 0 Å². The summed E-state index contributed by atoms with van der Waals surface area (Å²) in [5.41, 5.74) is 2.05.